The van der Waals surface area contributed by atoms with Gasteiger partial charge in [0.25, 0.3) is 0 Å². The Morgan fingerprint density at radius 1 is 1.32 bits per heavy atom. The van der Waals surface area contributed by atoms with Crippen LogP contribution in [-0.4, -0.2) is 26.5 Å². The summed E-state index contributed by atoms with van der Waals surface area (Å²) in [4.78, 5) is 5.64. The van der Waals surface area contributed by atoms with Crippen molar-refractivity contribution in [1.82, 2.24) is 14.8 Å². The first-order valence-electron chi connectivity index (χ1n) is 7.24. The highest BCUT2D eigenvalue weighted by molar-refractivity contribution is 7.13. The maximum atomic E-state index is 9.16. The third-order valence-electron chi connectivity index (χ3n) is 3.82. The van der Waals surface area contributed by atoms with Gasteiger partial charge in [-0.15, -0.1) is 11.3 Å². The van der Waals surface area contributed by atoms with E-state index in [2.05, 4.69) is 10.1 Å². The number of rotatable bonds is 5. The SMILES string of the molecule is Cc1nn(Cc2nc(-c3cccs3)oc2C)c(C)c1CCO. The van der Waals surface area contributed by atoms with Crippen molar-refractivity contribution in [2.45, 2.75) is 33.7 Å². The summed E-state index contributed by atoms with van der Waals surface area (Å²) in [6.07, 6.45) is 0.635. The lowest BCUT2D eigenvalue weighted by Gasteiger charge is -2.03. The maximum Gasteiger partial charge on any atom is 0.236 e. The predicted molar refractivity (Wildman–Crippen MR) is 86.1 cm³/mol. The van der Waals surface area contributed by atoms with Gasteiger partial charge < -0.3 is 9.52 Å². The molecule has 3 rings (SSSR count). The van der Waals surface area contributed by atoms with Crippen molar-refractivity contribution in [3.05, 3.63) is 45.9 Å². The molecule has 0 radical (unpaired) electrons. The van der Waals surface area contributed by atoms with E-state index in [9.17, 15) is 0 Å². The van der Waals surface area contributed by atoms with Crippen LogP contribution in [0.15, 0.2) is 21.9 Å². The minimum atomic E-state index is 0.138. The van der Waals surface area contributed by atoms with Gasteiger partial charge in [0.1, 0.15) is 11.5 Å². The molecule has 116 valence electrons. The number of hydrogen-bond acceptors (Lipinski definition) is 5. The number of aliphatic hydroxyl groups is 1. The number of hydrogen-bond donors (Lipinski definition) is 1. The standard InChI is InChI=1S/C16H19N3O2S/c1-10-13(6-7-20)11(2)19(18-10)9-14-12(3)21-16(17-14)15-5-4-8-22-15/h4-5,8,20H,6-7,9H2,1-3H3. The highest BCUT2D eigenvalue weighted by Gasteiger charge is 2.16. The van der Waals surface area contributed by atoms with Crippen molar-refractivity contribution in [2.75, 3.05) is 6.61 Å². The summed E-state index contributed by atoms with van der Waals surface area (Å²) in [5.41, 5.74) is 4.05. The van der Waals surface area contributed by atoms with E-state index in [0.29, 0.717) is 18.9 Å². The summed E-state index contributed by atoms with van der Waals surface area (Å²) in [6.45, 7) is 6.65. The molecule has 5 nitrogen and oxygen atoms in total. The Labute approximate surface area is 133 Å². The van der Waals surface area contributed by atoms with Gasteiger partial charge in [0.2, 0.25) is 5.89 Å². The van der Waals surface area contributed by atoms with Gasteiger partial charge in [-0.2, -0.15) is 5.10 Å². The molecule has 3 aromatic rings. The van der Waals surface area contributed by atoms with E-state index in [-0.39, 0.29) is 6.61 Å². The van der Waals surface area contributed by atoms with Gasteiger partial charge in [0.15, 0.2) is 0 Å². The van der Waals surface area contributed by atoms with Crippen LogP contribution in [0.25, 0.3) is 10.8 Å². The number of thiophene rings is 1. The maximum absolute atomic E-state index is 9.16. The largest absolute Gasteiger partial charge is 0.440 e. The van der Waals surface area contributed by atoms with E-state index in [4.69, 9.17) is 9.52 Å². The van der Waals surface area contributed by atoms with E-state index >= 15 is 0 Å². The van der Waals surface area contributed by atoms with Crippen molar-refractivity contribution in [1.29, 1.82) is 0 Å². The van der Waals surface area contributed by atoms with Crippen LogP contribution >= 0.6 is 11.3 Å². The Kier molecular flexibility index (Phi) is 4.13. The van der Waals surface area contributed by atoms with Crippen LogP contribution < -0.4 is 0 Å². The molecule has 0 spiro atoms. The summed E-state index contributed by atoms with van der Waals surface area (Å²) in [6, 6.07) is 3.99. The first kappa shape index (κ1) is 15.0. The van der Waals surface area contributed by atoms with E-state index < -0.39 is 0 Å². The highest BCUT2D eigenvalue weighted by atomic mass is 32.1. The van der Waals surface area contributed by atoms with Crippen LogP contribution in [0.1, 0.15) is 28.4 Å². The Morgan fingerprint density at radius 2 is 2.14 bits per heavy atom. The molecule has 0 fully saturated rings. The van der Waals surface area contributed by atoms with Crippen LogP contribution in [-0.2, 0) is 13.0 Å². The second kappa shape index (κ2) is 6.06. The second-order valence-corrected chi connectivity index (χ2v) is 6.23. The van der Waals surface area contributed by atoms with Gasteiger partial charge in [-0.05, 0) is 44.2 Å². The molecule has 0 aromatic carbocycles. The zero-order chi connectivity index (χ0) is 15.7. The van der Waals surface area contributed by atoms with Gasteiger partial charge in [0.05, 0.1) is 17.1 Å². The van der Waals surface area contributed by atoms with Crippen molar-refractivity contribution in [3.63, 3.8) is 0 Å². The molecule has 3 aromatic heterocycles. The normalized spacial score (nSPS) is 11.3. The first-order chi connectivity index (χ1) is 10.6. The van der Waals surface area contributed by atoms with E-state index in [1.54, 1.807) is 11.3 Å². The molecular formula is C16H19N3O2S. The lowest BCUT2D eigenvalue weighted by atomic mass is 10.1. The molecule has 0 aliphatic heterocycles. The fourth-order valence-corrected chi connectivity index (χ4v) is 3.23. The average molecular weight is 317 g/mol. The fraction of sp³-hybridized carbons (Fsp3) is 0.375. The summed E-state index contributed by atoms with van der Waals surface area (Å²) in [5.74, 6) is 1.49. The molecule has 0 aliphatic rings. The number of aromatic nitrogens is 3. The molecule has 6 heteroatoms. The Hall–Kier alpha value is -1.92. The second-order valence-electron chi connectivity index (χ2n) is 5.28. The van der Waals surface area contributed by atoms with Crippen molar-refractivity contribution in [3.8, 4) is 10.8 Å². The van der Waals surface area contributed by atoms with Crippen LogP contribution in [0, 0.1) is 20.8 Å². The van der Waals surface area contributed by atoms with E-state index in [0.717, 1.165) is 33.3 Å². The van der Waals surface area contributed by atoms with Crippen LogP contribution in [0.5, 0.6) is 0 Å². The lowest BCUT2D eigenvalue weighted by molar-refractivity contribution is 0.299. The fourth-order valence-electron chi connectivity index (χ4n) is 2.58. The summed E-state index contributed by atoms with van der Waals surface area (Å²) in [5, 5.41) is 15.7. The number of aliphatic hydroxyl groups excluding tert-OH is 1. The summed E-state index contributed by atoms with van der Waals surface area (Å²) < 4.78 is 7.71. The zero-order valence-corrected chi connectivity index (χ0v) is 13.8. The zero-order valence-electron chi connectivity index (χ0n) is 13.0. The van der Waals surface area contributed by atoms with Crippen molar-refractivity contribution < 1.29 is 9.52 Å². The van der Waals surface area contributed by atoms with E-state index in [1.165, 1.54) is 0 Å². The Morgan fingerprint density at radius 3 is 2.82 bits per heavy atom. The molecule has 0 saturated carbocycles. The smallest absolute Gasteiger partial charge is 0.236 e. The Bertz CT molecular complexity index is 772. The lowest BCUT2D eigenvalue weighted by Crippen LogP contribution is -2.06. The first-order valence-corrected chi connectivity index (χ1v) is 8.12. The molecule has 1 N–H and O–H groups in total. The predicted octanol–water partition coefficient (Wildman–Crippen LogP) is 3.11. The molecule has 3 heterocycles. The minimum absolute atomic E-state index is 0.138. The molecule has 0 atom stereocenters. The van der Waals surface area contributed by atoms with Crippen molar-refractivity contribution >= 4 is 11.3 Å². The summed E-state index contributed by atoms with van der Waals surface area (Å²) >= 11 is 1.61. The van der Waals surface area contributed by atoms with Gasteiger partial charge in [-0.3, -0.25) is 4.68 Å². The molecule has 0 aliphatic carbocycles. The molecule has 0 unspecified atom stereocenters. The van der Waals surface area contributed by atoms with Gasteiger partial charge in [-0.25, -0.2) is 4.98 Å². The highest BCUT2D eigenvalue weighted by Crippen LogP contribution is 2.26. The molecule has 0 amide bonds. The topological polar surface area (TPSA) is 64.1 Å². The van der Waals surface area contributed by atoms with Crippen LogP contribution in [0.2, 0.25) is 0 Å². The third kappa shape index (κ3) is 2.71. The van der Waals surface area contributed by atoms with Gasteiger partial charge in [-0.1, -0.05) is 6.07 Å². The molecular weight excluding hydrogens is 298 g/mol. The number of nitrogens with zero attached hydrogens (tertiary/aromatic N) is 3. The van der Waals surface area contributed by atoms with Gasteiger partial charge in [0, 0.05) is 12.3 Å². The molecule has 22 heavy (non-hydrogen) atoms. The summed E-state index contributed by atoms with van der Waals surface area (Å²) in [7, 11) is 0. The minimum Gasteiger partial charge on any atom is -0.440 e. The van der Waals surface area contributed by atoms with Crippen LogP contribution in [0.4, 0.5) is 0 Å². The molecule has 0 saturated heterocycles. The molecule has 0 bridgehead atoms. The monoisotopic (exact) mass is 317 g/mol. The third-order valence-corrected chi connectivity index (χ3v) is 4.68. The number of aryl methyl sites for hydroxylation is 2. The van der Waals surface area contributed by atoms with Crippen LogP contribution in [0.3, 0.4) is 0 Å². The quantitative estimate of drug-likeness (QED) is 0.785. The average Bonchev–Trinajstić information content (AvgIpc) is 3.18. The van der Waals surface area contributed by atoms with Gasteiger partial charge >= 0.3 is 0 Å². The number of oxazole rings is 1. The van der Waals surface area contributed by atoms with Crippen molar-refractivity contribution in [2.24, 2.45) is 0 Å². The Balaban J connectivity index is 1.89. The van der Waals surface area contributed by atoms with E-state index in [1.807, 2.05) is 43.0 Å².